The number of hydrogen-bond acceptors (Lipinski definition) is 4. The van der Waals surface area contributed by atoms with Crippen molar-refractivity contribution in [1.29, 1.82) is 0 Å². The molecule has 3 N–H and O–H groups in total. The monoisotopic (exact) mass is 366 g/mol. The molecule has 3 rings (SSSR count). The highest BCUT2D eigenvalue weighted by Gasteiger charge is 2.06. The van der Waals surface area contributed by atoms with E-state index >= 15 is 0 Å². The van der Waals surface area contributed by atoms with E-state index in [4.69, 9.17) is 9.66 Å². The fourth-order valence-corrected chi connectivity index (χ4v) is 2.44. The predicted molar refractivity (Wildman–Crippen MR) is 98.7 cm³/mol. The minimum absolute atomic E-state index is 0. The summed E-state index contributed by atoms with van der Waals surface area (Å²) < 4.78 is 29.6. The number of benzene rings is 3. The van der Waals surface area contributed by atoms with Crippen LogP contribution in [-0.4, -0.2) is 23.2 Å². The third kappa shape index (κ3) is 5.16. The van der Waals surface area contributed by atoms with Gasteiger partial charge in [0.2, 0.25) is 0 Å². The van der Waals surface area contributed by atoms with Crippen molar-refractivity contribution in [2.75, 3.05) is 0 Å². The third-order valence-electron chi connectivity index (χ3n) is 3.16. The Morgan fingerprint density at radius 3 is 2.08 bits per heavy atom. The molecule has 0 spiro atoms. The molecule has 3 aromatic rings. The zero-order valence-electron chi connectivity index (χ0n) is 12.8. The van der Waals surface area contributed by atoms with Crippen molar-refractivity contribution in [1.82, 2.24) is 0 Å². The summed E-state index contributed by atoms with van der Waals surface area (Å²) in [7, 11) is -4.02. The van der Waals surface area contributed by atoms with E-state index in [9.17, 15) is 13.5 Å². The fourth-order valence-electron chi connectivity index (χ4n) is 1.96. The van der Waals surface area contributed by atoms with Gasteiger partial charge in [-0.2, -0.15) is 21.9 Å². The minimum atomic E-state index is -4.02. The first-order chi connectivity index (χ1) is 10.8. The molecule has 0 saturated carbocycles. The maximum absolute atomic E-state index is 10.5. The van der Waals surface area contributed by atoms with Crippen molar-refractivity contribution >= 4 is 34.4 Å². The van der Waals surface area contributed by atoms with Crippen LogP contribution in [0.15, 0.2) is 65.6 Å². The highest BCUT2D eigenvalue weighted by Crippen LogP contribution is 2.26. The summed E-state index contributed by atoms with van der Waals surface area (Å²) in [5, 5.41) is 20.1. The Kier molecular flexibility index (Phi) is 6.65. The van der Waals surface area contributed by atoms with Crippen LogP contribution in [0.1, 0.15) is 5.56 Å². The Labute approximate surface area is 147 Å². The lowest BCUT2D eigenvalue weighted by Crippen LogP contribution is -1.96. The van der Waals surface area contributed by atoms with Crippen molar-refractivity contribution < 1.29 is 23.2 Å². The van der Waals surface area contributed by atoms with Crippen molar-refractivity contribution in [2.24, 2.45) is 0 Å². The number of phenols is 2. The SMILES string of the molecule is Cc1ccc(S(=O)(=O)O)cc1.Oc1ccc2c(O)cccc2c1.S. The summed E-state index contributed by atoms with van der Waals surface area (Å²) in [4.78, 5) is -0.0666. The van der Waals surface area contributed by atoms with E-state index in [1.807, 2.05) is 13.0 Å². The van der Waals surface area contributed by atoms with E-state index < -0.39 is 10.1 Å². The van der Waals surface area contributed by atoms with Crippen molar-refractivity contribution in [2.45, 2.75) is 11.8 Å². The molecule has 3 aromatic carbocycles. The summed E-state index contributed by atoms with van der Waals surface area (Å²) in [5.41, 5.74) is 0.956. The van der Waals surface area contributed by atoms with Crippen LogP contribution in [0.3, 0.4) is 0 Å². The van der Waals surface area contributed by atoms with E-state index in [2.05, 4.69) is 0 Å². The molecule has 0 aliphatic heterocycles. The fraction of sp³-hybridized carbons (Fsp3) is 0.0588. The molecule has 0 unspecified atom stereocenters. The predicted octanol–water partition coefficient (Wildman–Crippen LogP) is 3.61. The Morgan fingerprint density at radius 1 is 0.875 bits per heavy atom. The van der Waals surface area contributed by atoms with Gasteiger partial charge >= 0.3 is 0 Å². The number of phenolic OH excluding ortho intramolecular Hbond substituents is 2. The van der Waals surface area contributed by atoms with Gasteiger partial charge in [0.1, 0.15) is 11.5 Å². The second-order valence-corrected chi connectivity index (χ2v) is 6.39. The molecule has 128 valence electrons. The molecular formula is C17H18O5S2. The molecule has 0 aliphatic rings. The summed E-state index contributed by atoms with van der Waals surface area (Å²) in [6, 6.07) is 16.1. The number of fused-ring (bicyclic) bond motifs is 1. The first-order valence-electron chi connectivity index (χ1n) is 6.72. The van der Waals surface area contributed by atoms with Gasteiger partial charge in [0, 0.05) is 5.39 Å². The van der Waals surface area contributed by atoms with Crippen LogP contribution < -0.4 is 0 Å². The largest absolute Gasteiger partial charge is 0.508 e. The van der Waals surface area contributed by atoms with Gasteiger partial charge in [-0.25, -0.2) is 0 Å². The lowest BCUT2D eigenvalue weighted by Gasteiger charge is -1.99. The number of aryl methyl sites for hydroxylation is 1. The molecule has 0 radical (unpaired) electrons. The summed E-state index contributed by atoms with van der Waals surface area (Å²) in [5.74, 6) is 0.459. The van der Waals surface area contributed by atoms with Gasteiger partial charge in [-0.05, 0) is 48.7 Å². The molecule has 0 aromatic heterocycles. The van der Waals surface area contributed by atoms with Gasteiger partial charge < -0.3 is 10.2 Å². The zero-order valence-corrected chi connectivity index (χ0v) is 14.7. The van der Waals surface area contributed by atoms with Crippen LogP contribution in [0.4, 0.5) is 0 Å². The Morgan fingerprint density at radius 2 is 1.50 bits per heavy atom. The molecule has 7 heteroatoms. The molecular weight excluding hydrogens is 348 g/mol. The topological polar surface area (TPSA) is 94.8 Å². The number of aromatic hydroxyl groups is 2. The van der Waals surface area contributed by atoms with Crippen LogP contribution in [-0.2, 0) is 10.1 Å². The van der Waals surface area contributed by atoms with Gasteiger partial charge in [0.05, 0.1) is 4.90 Å². The second kappa shape index (κ2) is 8.05. The van der Waals surface area contributed by atoms with Gasteiger partial charge in [0.25, 0.3) is 10.1 Å². The Bertz CT molecular complexity index is 919. The molecule has 0 fully saturated rings. The van der Waals surface area contributed by atoms with Crippen LogP contribution in [0, 0.1) is 6.92 Å². The average Bonchev–Trinajstić information content (AvgIpc) is 2.47. The van der Waals surface area contributed by atoms with E-state index in [1.165, 1.54) is 12.1 Å². The van der Waals surface area contributed by atoms with Crippen molar-refractivity contribution in [3.63, 3.8) is 0 Å². The maximum atomic E-state index is 10.5. The molecule has 0 heterocycles. The van der Waals surface area contributed by atoms with E-state index in [0.717, 1.165) is 16.3 Å². The van der Waals surface area contributed by atoms with Crippen LogP contribution >= 0.6 is 13.5 Å². The van der Waals surface area contributed by atoms with E-state index in [0.29, 0.717) is 0 Å². The number of rotatable bonds is 1. The first-order valence-corrected chi connectivity index (χ1v) is 8.16. The smallest absolute Gasteiger partial charge is 0.294 e. The van der Waals surface area contributed by atoms with Gasteiger partial charge in [-0.3, -0.25) is 4.55 Å². The van der Waals surface area contributed by atoms with E-state index in [1.54, 1.807) is 42.5 Å². The lowest BCUT2D eigenvalue weighted by molar-refractivity contribution is 0.475. The summed E-state index contributed by atoms with van der Waals surface area (Å²) in [6.07, 6.45) is 0. The highest BCUT2D eigenvalue weighted by molar-refractivity contribution is 7.85. The summed E-state index contributed by atoms with van der Waals surface area (Å²) >= 11 is 0. The molecule has 24 heavy (non-hydrogen) atoms. The summed E-state index contributed by atoms with van der Waals surface area (Å²) in [6.45, 7) is 1.84. The zero-order chi connectivity index (χ0) is 17.0. The lowest BCUT2D eigenvalue weighted by atomic mass is 10.1. The molecule has 0 saturated heterocycles. The highest BCUT2D eigenvalue weighted by atomic mass is 32.2. The van der Waals surface area contributed by atoms with Crippen molar-refractivity contribution in [3.05, 3.63) is 66.2 Å². The minimum Gasteiger partial charge on any atom is -0.508 e. The van der Waals surface area contributed by atoms with Gasteiger partial charge in [0.15, 0.2) is 0 Å². The molecule has 0 bridgehead atoms. The van der Waals surface area contributed by atoms with Gasteiger partial charge in [-0.15, -0.1) is 0 Å². The molecule has 0 atom stereocenters. The second-order valence-electron chi connectivity index (χ2n) is 4.97. The maximum Gasteiger partial charge on any atom is 0.294 e. The normalized spacial score (nSPS) is 10.4. The quantitative estimate of drug-likeness (QED) is 0.572. The van der Waals surface area contributed by atoms with Crippen molar-refractivity contribution in [3.8, 4) is 11.5 Å². The average molecular weight is 366 g/mol. The van der Waals surface area contributed by atoms with E-state index in [-0.39, 0.29) is 29.9 Å². The standard InChI is InChI=1S/C10H8O2.C7H8O3S.H2S/c11-8-4-5-9-7(6-8)2-1-3-10(9)12;1-6-2-4-7(5-3-6)11(8,9)10;/h1-6,11-12H;2-5H,1H3,(H,8,9,10);1H2. The Hall–Kier alpha value is -2.22. The molecule has 5 nitrogen and oxygen atoms in total. The van der Waals surface area contributed by atoms with Crippen LogP contribution in [0.5, 0.6) is 11.5 Å². The number of hydrogen-bond donors (Lipinski definition) is 3. The Balaban J connectivity index is 0.000000232. The third-order valence-corrected chi connectivity index (χ3v) is 4.03. The van der Waals surface area contributed by atoms with Crippen LogP contribution in [0.2, 0.25) is 0 Å². The van der Waals surface area contributed by atoms with Gasteiger partial charge in [-0.1, -0.05) is 29.8 Å². The molecule has 0 amide bonds. The first kappa shape index (κ1) is 19.8. The van der Waals surface area contributed by atoms with Crippen LogP contribution in [0.25, 0.3) is 10.8 Å². The molecule has 0 aliphatic carbocycles.